The Bertz CT molecular complexity index is 1270. The minimum Gasteiger partial charge on any atom is -0.453 e. The van der Waals surface area contributed by atoms with Crippen LogP contribution in [0.1, 0.15) is 29.6 Å². The number of thiazole rings is 1. The number of fused-ring (bicyclic) bond motifs is 1. The van der Waals surface area contributed by atoms with Crippen LogP contribution in [0.2, 0.25) is 0 Å². The number of ether oxygens (including phenoxy) is 1. The van der Waals surface area contributed by atoms with Crippen LogP contribution in [0.3, 0.4) is 0 Å². The maximum Gasteiger partial charge on any atom is 0.407 e. The molecular formula is C22H28N4O6S3. The summed E-state index contributed by atoms with van der Waals surface area (Å²) >= 11 is 2.67. The minimum atomic E-state index is -3.92. The van der Waals surface area contributed by atoms with Gasteiger partial charge in [-0.15, -0.1) is 22.7 Å². The average molecular weight is 541 g/mol. The molecule has 0 fully saturated rings. The Morgan fingerprint density at radius 3 is 2.66 bits per heavy atom. The van der Waals surface area contributed by atoms with Gasteiger partial charge in [-0.1, -0.05) is 13.8 Å². The first-order chi connectivity index (χ1) is 16.6. The summed E-state index contributed by atoms with van der Waals surface area (Å²) in [7, 11) is -2.72. The molecule has 2 amide bonds. The van der Waals surface area contributed by atoms with Crippen LogP contribution in [-0.2, 0) is 26.1 Å². The summed E-state index contributed by atoms with van der Waals surface area (Å²) in [6.45, 7) is 3.63. The van der Waals surface area contributed by atoms with Crippen molar-refractivity contribution >= 4 is 54.9 Å². The molecule has 0 saturated heterocycles. The molecule has 0 spiro atoms. The number of carbonyl (C=O) groups excluding carboxylic acids is 2. The molecule has 2 aromatic heterocycles. The van der Waals surface area contributed by atoms with Crippen LogP contribution in [0, 0.1) is 5.92 Å². The van der Waals surface area contributed by atoms with E-state index in [4.69, 9.17) is 0 Å². The molecule has 35 heavy (non-hydrogen) atoms. The fourth-order valence-electron chi connectivity index (χ4n) is 3.35. The number of alkyl carbamates (subject to hydrolysis) is 1. The summed E-state index contributed by atoms with van der Waals surface area (Å²) in [4.78, 5) is 28.8. The summed E-state index contributed by atoms with van der Waals surface area (Å²) in [6.07, 6.45) is -0.703. The van der Waals surface area contributed by atoms with Crippen LogP contribution < -0.4 is 10.6 Å². The normalized spacial score (nSPS) is 12.7. The number of rotatable bonds is 11. The van der Waals surface area contributed by atoms with E-state index in [9.17, 15) is 23.1 Å². The Balaban J connectivity index is 1.80. The maximum atomic E-state index is 13.7. The number of aromatic nitrogens is 1. The van der Waals surface area contributed by atoms with Gasteiger partial charge in [-0.25, -0.2) is 18.2 Å². The smallest absolute Gasteiger partial charge is 0.407 e. The first kappa shape index (κ1) is 27.0. The highest BCUT2D eigenvalue weighted by Gasteiger charge is 2.34. The second kappa shape index (κ2) is 11.9. The van der Waals surface area contributed by atoms with Crippen molar-refractivity contribution in [2.45, 2.75) is 31.3 Å². The lowest BCUT2D eigenvalue weighted by molar-refractivity contribution is -0.120. The SMILES string of the molecule is COC(=O)NCC(=O)NCc1ccc([C@@H](CO)N(CC(C)C)S(=O)(=O)c2ccc3ncsc3c2)s1. The number of nitrogens with zero attached hydrogens (tertiary/aromatic N) is 2. The standard InChI is InChI=1S/C22H28N4O6S3/c1-14(2)11-26(35(30,31)16-5-6-17-20(8-16)33-13-25-17)18(12-27)19-7-4-15(34-19)9-23-21(28)10-24-22(29)32-3/h4-8,13-14,18,27H,9-12H2,1-3H3,(H,23,28)(H,24,29)/t18-/m1/s1. The maximum absolute atomic E-state index is 13.7. The summed E-state index contributed by atoms with van der Waals surface area (Å²) in [6, 6.07) is 7.59. The number of aliphatic hydroxyl groups excluding tert-OH is 1. The third-order valence-corrected chi connectivity index (χ3v) is 8.87. The van der Waals surface area contributed by atoms with Crippen molar-refractivity contribution in [2.75, 3.05) is 26.8 Å². The van der Waals surface area contributed by atoms with Gasteiger partial charge in [0.15, 0.2) is 0 Å². The van der Waals surface area contributed by atoms with Gasteiger partial charge >= 0.3 is 6.09 Å². The lowest BCUT2D eigenvalue weighted by atomic mass is 10.2. The van der Waals surface area contributed by atoms with Crippen LogP contribution in [0.25, 0.3) is 10.2 Å². The molecule has 0 aliphatic carbocycles. The Morgan fingerprint density at radius 1 is 1.20 bits per heavy atom. The van der Waals surface area contributed by atoms with Gasteiger partial charge in [0.05, 0.1) is 46.9 Å². The monoisotopic (exact) mass is 540 g/mol. The number of carbonyl (C=O) groups is 2. The number of benzene rings is 1. The van der Waals surface area contributed by atoms with Crippen molar-refractivity contribution in [3.8, 4) is 0 Å². The van der Waals surface area contributed by atoms with Gasteiger partial charge in [0, 0.05) is 16.3 Å². The molecule has 10 nitrogen and oxygen atoms in total. The first-order valence-corrected chi connectivity index (χ1v) is 13.9. The Kier molecular flexibility index (Phi) is 9.19. The van der Waals surface area contributed by atoms with Gasteiger partial charge < -0.3 is 20.5 Å². The molecule has 3 aromatic rings. The summed E-state index contributed by atoms with van der Waals surface area (Å²) < 4.78 is 33.9. The van der Waals surface area contributed by atoms with Crippen LogP contribution in [0.15, 0.2) is 40.7 Å². The fraction of sp³-hybridized carbons (Fsp3) is 0.409. The van der Waals surface area contributed by atoms with E-state index in [0.717, 1.165) is 15.1 Å². The van der Waals surface area contributed by atoms with Crippen molar-refractivity contribution < 1.29 is 27.9 Å². The molecule has 13 heteroatoms. The predicted molar refractivity (Wildman–Crippen MR) is 135 cm³/mol. The van der Waals surface area contributed by atoms with E-state index in [2.05, 4.69) is 20.4 Å². The van der Waals surface area contributed by atoms with Crippen LogP contribution >= 0.6 is 22.7 Å². The van der Waals surface area contributed by atoms with Crippen molar-refractivity contribution in [1.82, 2.24) is 19.9 Å². The van der Waals surface area contributed by atoms with Crippen LogP contribution in [-0.4, -0.2) is 61.6 Å². The summed E-state index contributed by atoms with van der Waals surface area (Å²) in [5.41, 5.74) is 2.40. The van der Waals surface area contributed by atoms with E-state index >= 15 is 0 Å². The molecule has 0 aliphatic rings. The fourth-order valence-corrected chi connectivity index (χ4v) is 7.05. The highest BCUT2D eigenvalue weighted by Crippen LogP contribution is 2.34. The number of sulfonamides is 1. The molecule has 0 saturated carbocycles. The zero-order valence-corrected chi connectivity index (χ0v) is 22.0. The van der Waals surface area contributed by atoms with Gasteiger partial charge in [0.2, 0.25) is 15.9 Å². The predicted octanol–water partition coefficient (Wildman–Crippen LogP) is 2.71. The topological polar surface area (TPSA) is 138 Å². The van der Waals surface area contributed by atoms with Gasteiger partial charge in [-0.2, -0.15) is 4.31 Å². The Hall–Kier alpha value is -2.58. The highest BCUT2D eigenvalue weighted by atomic mass is 32.2. The Labute approximate surface area is 212 Å². The molecule has 1 aromatic carbocycles. The zero-order chi connectivity index (χ0) is 25.6. The quantitative estimate of drug-likeness (QED) is 0.340. The third kappa shape index (κ3) is 6.76. The number of thiophene rings is 1. The lowest BCUT2D eigenvalue weighted by Gasteiger charge is -2.30. The molecule has 3 rings (SSSR count). The van der Waals surface area contributed by atoms with Gasteiger partial charge in [-0.05, 0) is 36.2 Å². The van der Waals surface area contributed by atoms with Crippen molar-refractivity contribution in [1.29, 1.82) is 0 Å². The average Bonchev–Trinajstić information content (AvgIpc) is 3.50. The molecule has 3 N–H and O–H groups in total. The van der Waals surface area contributed by atoms with E-state index in [-0.39, 0.29) is 30.4 Å². The van der Waals surface area contributed by atoms with E-state index in [1.165, 1.54) is 40.2 Å². The molecule has 0 unspecified atom stereocenters. The first-order valence-electron chi connectivity index (χ1n) is 10.8. The van der Waals surface area contributed by atoms with E-state index in [1.54, 1.807) is 29.8 Å². The molecule has 0 bridgehead atoms. The molecule has 190 valence electrons. The number of amides is 2. The summed E-state index contributed by atoms with van der Waals surface area (Å²) in [5, 5.41) is 15.2. The summed E-state index contributed by atoms with van der Waals surface area (Å²) in [5.74, 6) is -0.376. The molecular weight excluding hydrogens is 512 g/mol. The lowest BCUT2D eigenvalue weighted by Crippen LogP contribution is -2.39. The number of hydrogen-bond acceptors (Lipinski definition) is 9. The molecule has 0 radical (unpaired) electrons. The largest absolute Gasteiger partial charge is 0.453 e. The number of hydrogen-bond donors (Lipinski definition) is 3. The number of nitrogens with one attached hydrogen (secondary N) is 2. The van der Waals surface area contributed by atoms with Gasteiger partial charge in [-0.3, -0.25) is 4.79 Å². The molecule has 2 heterocycles. The zero-order valence-electron chi connectivity index (χ0n) is 19.6. The van der Waals surface area contributed by atoms with E-state index in [1.807, 2.05) is 13.8 Å². The van der Waals surface area contributed by atoms with Crippen LogP contribution in [0.4, 0.5) is 4.79 Å². The van der Waals surface area contributed by atoms with Crippen molar-refractivity contribution in [2.24, 2.45) is 5.92 Å². The van der Waals surface area contributed by atoms with Gasteiger partial charge in [0.25, 0.3) is 0 Å². The molecule has 1 atom stereocenters. The van der Waals surface area contributed by atoms with E-state index in [0.29, 0.717) is 4.88 Å². The Morgan fingerprint density at radius 2 is 1.97 bits per heavy atom. The second-order valence-electron chi connectivity index (χ2n) is 8.07. The molecule has 0 aliphatic heterocycles. The number of aliphatic hydroxyl groups is 1. The third-order valence-electron chi connectivity index (χ3n) is 5.02. The van der Waals surface area contributed by atoms with Crippen LogP contribution in [0.5, 0.6) is 0 Å². The number of methoxy groups -OCH3 is 1. The van der Waals surface area contributed by atoms with Crippen molar-refractivity contribution in [3.05, 3.63) is 45.6 Å². The highest BCUT2D eigenvalue weighted by molar-refractivity contribution is 7.89. The van der Waals surface area contributed by atoms with E-state index < -0.39 is 34.7 Å². The second-order valence-corrected chi connectivity index (χ2v) is 12.1. The van der Waals surface area contributed by atoms with Crippen molar-refractivity contribution in [3.63, 3.8) is 0 Å². The minimum absolute atomic E-state index is 0.0204. The van der Waals surface area contributed by atoms with Gasteiger partial charge in [0.1, 0.15) is 6.54 Å².